The molecule has 1 amide bonds. The number of amides is 1. The van der Waals surface area contributed by atoms with Gasteiger partial charge in [-0.05, 0) is 54.6 Å². The lowest BCUT2D eigenvalue weighted by molar-refractivity contribution is -0.122. The van der Waals surface area contributed by atoms with Gasteiger partial charge in [0.2, 0.25) is 0 Å². The van der Waals surface area contributed by atoms with E-state index in [9.17, 15) is 9.18 Å². The molecule has 0 atom stereocenters. The number of carbonyl (C=O) groups excluding carboxylic acids is 1. The molecule has 0 saturated carbocycles. The number of halogens is 1. The van der Waals surface area contributed by atoms with Gasteiger partial charge in [-0.15, -0.1) is 0 Å². The van der Waals surface area contributed by atoms with Crippen molar-refractivity contribution in [2.45, 2.75) is 6.54 Å². The van der Waals surface area contributed by atoms with Gasteiger partial charge in [0.05, 0.1) is 29.1 Å². The Hall–Kier alpha value is -3.49. The Labute approximate surface area is 193 Å². The smallest absolute Gasteiger partial charge is 0.266 e. The Morgan fingerprint density at radius 1 is 1.06 bits per heavy atom. The number of benzene rings is 2. The molecule has 1 aliphatic rings. The second kappa shape index (κ2) is 8.57. The van der Waals surface area contributed by atoms with Gasteiger partial charge in [0.25, 0.3) is 5.91 Å². The number of hydrogen-bond donors (Lipinski definition) is 0. The standard InChI is InChI=1S/C24H16FN3O2S2/c25-18-10-8-16(9-11-18)22-17(14-28(26-22)19-5-2-1-3-6-19)13-21-23(29)27(24(31)32-21)15-20-7-4-12-30-20/h1-14H,15H2/b21-13-. The Morgan fingerprint density at radius 2 is 1.84 bits per heavy atom. The van der Waals surface area contributed by atoms with Gasteiger partial charge in [-0.2, -0.15) is 5.10 Å². The number of nitrogens with zero attached hydrogens (tertiary/aromatic N) is 3. The lowest BCUT2D eigenvalue weighted by atomic mass is 10.1. The Balaban J connectivity index is 1.54. The van der Waals surface area contributed by atoms with Crippen LogP contribution in [0.15, 0.2) is 88.5 Å². The Bertz CT molecular complexity index is 1310. The molecule has 0 radical (unpaired) electrons. The molecule has 2 aromatic heterocycles. The van der Waals surface area contributed by atoms with Crippen molar-refractivity contribution >= 4 is 40.3 Å². The minimum atomic E-state index is -0.323. The molecule has 5 rings (SSSR count). The van der Waals surface area contributed by atoms with E-state index in [1.807, 2.05) is 36.5 Å². The molecule has 8 heteroatoms. The van der Waals surface area contributed by atoms with Crippen molar-refractivity contribution < 1.29 is 13.6 Å². The zero-order chi connectivity index (χ0) is 22.1. The van der Waals surface area contributed by atoms with Crippen LogP contribution in [0, 0.1) is 5.82 Å². The molecule has 32 heavy (non-hydrogen) atoms. The van der Waals surface area contributed by atoms with Crippen molar-refractivity contribution in [1.82, 2.24) is 14.7 Å². The highest BCUT2D eigenvalue weighted by molar-refractivity contribution is 8.26. The number of hydrogen-bond acceptors (Lipinski definition) is 5. The van der Waals surface area contributed by atoms with Gasteiger partial charge in [0.15, 0.2) is 0 Å². The summed E-state index contributed by atoms with van der Waals surface area (Å²) >= 11 is 6.67. The van der Waals surface area contributed by atoms with E-state index in [4.69, 9.17) is 21.7 Å². The second-order valence-corrected chi connectivity index (χ2v) is 8.74. The SMILES string of the molecule is O=C1/C(=C/c2cn(-c3ccccc3)nc2-c2ccc(F)cc2)SC(=S)N1Cc1ccco1. The first kappa shape index (κ1) is 20.4. The summed E-state index contributed by atoms with van der Waals surface area (Å²) in [7, 11) is 0. The monoisotopic (exact) mass is 461 g/mol. The number of thioether (sulfide) groups is 1. The molecular formula is C24H16FN3O2S2. The van der Waals surface area contributed by atoms with Crippen LogP contribution >= 0.6 is 24.0 Å². The first-order valence-electron chi connectivity index (χ1n) is 9.77. The molecule has 5 nitrogen and oxygen atoms in total. The zero-order valence-electron chi connectivity index (χ0n) is 16.6. The van der Waals surface area contributed by atoms with Crippen LogP contribution in [-0.4, -0.2) is 24.9 Å². The Morgan fingerprint density at radius 3 is 2.56 bits per heavy atom. The lowest BCUT2D eigenvalue weighted by Gasteiger charge is -2.11. The maximum atomic E-state index is 13.5. The highest BCUT2D eigenvalue weighted by atomic mass is 32.2. The van der Waals surface area contributed by atoms with Crippen molar-refractivity contribution in [3.8, 4) is 16.9 Å². The minimum Gasteiger partial charge on any atom is -0.467 e. The van der Waals surface area contributed by atoms with Gasteiger partial charge >= 0.3 is 0 Å². The van der Waals surface area contributed by atoms with E-state index in [2.05, 4.69) is 0 Å². The van der Waals surface area contributed by atoms with E-state index in [0.717, 1.165) is 16.8 Å². The number of carbonyl (C=O) groups is 1. The molecule has 1 saturated heterocycles. The molecule has 1 fully saturated rings. The molecule has 1 aliphatic heterocycles. The highest BCUT2D eigenvalue weighted by Gasteiger charge is 2.33. The highest BCUT2D eigenvalue weighted by Crippen LogP contribution is 2.35. The summed E-state index contributed by atoms with van der Waals surface area (Å²) in [6.07, 6.45) is 5.20. The minimum absolute atomic E-state index is 0.186. The molecule has 0 aliphatic carbocycles. The predicted molar refractivity (Wildman–Crippen MR) is 126 cm³/mol. The molecule has 3 heterocycles. The average Bonchev–Trinajstić information content (AvgIpc) is 3.53. The first-order chi connectivity index (χ1) is 15.6. The summed E-state index contributed by atoms with van der Waals surface area (Å²) in [5, 5.41) is 4.71. The normalized spacial score (nSPS) is 15.2. The van der Waals surface area contributed by atoms with Crippen molar-refractivity contribution in [2.24, 2.45) is 0 Å². The van der Waals surface area contributed by atoms with Gasteiger partial charge in [-0.1, -0.05) is 42.2 Å². The summed E-state index contributed by atoms with van der Waals surface area (Å²) in [6.45, 7) is 0.281. The third-order valence-corrected chi connectivity index (χ3v) is 6.31. The van der Waals surface area contributed by atoms with Crippen LogP contribution < -0.4 is 0 Å². The first-order valence-corrected chi connectivity index (χ1v) is 11.0. The van der Waals surface area contributed by atoms with Crippen LogP contribution in [-0.2, 0) is 11.3 Å². The van der Waals surface area contributed by atoms with Gasteiger partial charge in [0.1, 0.15) is 15.9 Å². The molecule has 0 N–H and O–H groups in total. The molecular weight excluding hydrogens is 445 g/mol. The van der Waals surface area contributed by atoms with Crippen LogP contribution in [0.3, 0.4) is 0 Å². The Kier molecular flexibility index (Phi) is 5.46. The summed E-state index contributed by atoms with van der Waals surface area (Å²) in [5.41, 5.74) is 3.00. The fourth-order valence-corrected chi connectivity index (χ4v) is 4.62. The van der Waals surface area contributed by atoms with E-state index in [0.29, 0.717) is 20.7 Å². The quantitative estimate of drug-likeness (QED) is 0.283. The average molecular weight is 462 g/mol. The maximum absolute atomic E-state index is 13.5. The van der Waals surface area contributed by atoms with Gasteiger partial charge in [-0.25, -0.2) is 9.07 Å². The number of aromatic nitrogens is 2. The van der Waals surface area contributed by atoms with E-state index in [1.165, 1.54) is 28.8 Å². The molecule has 158 valence electrons. The third kappa shape index (κ3) is 4.02. The number of thiocarbonyl (C=S) groups is 1. The lowest BCUT2D eigenvalue weighted by Crippen LogP contribution is -2.27. The summed E-state index contributed by atoms with van der Waals surface area (Å²) < 4.78 is 21.1. The van der Waals surface area contributed by atoms with E-state index < -0.39 is 0 Å². The third-order valence-electron chi connectivity index (χ3n) is 4.94. The van der Waals surface area contributed by atoms with Crippen molar-refractivity contribution in [3.63, 3.8) is 0 Å². The summed E-state index contributed by atoms with van der Waals surface area (Å²) in [4.78, 5) is 15.1. The van der Waals surface area contributed by atoms with Crippen molar-refractivity contribution in [2.75, 3.05) is 0 Å². The summed E-state index contributed by atoms with van der Waals surface area (Å²) in [5.74, 6) is 0.150. The number of para-hydroxylation sites is 1. The van der Waals surface area contributed by atoms with Gasteiger partial charge in [-0.3, -0.25) is 9.69 Å². The molecule has 0 bridgehead atoms. The topological polar surface area (TPSA) is 51.3 Å². The van der Waals surface area contributed by atoms with Gasteiger partial charge < -0.3 is 4.42 Å². The molecule has 4 aromatic rings. The zero-order valence-corrected chi connectivity index (χ0v) is 18.3. The second-order valence-electron chi connectivity index (χ2n) is 7.07. The fraction of sp³-hybridized carbons (Fsp3) is 0.0417. The van der Waals surface area contributed by atoms with E-state index in [-0.39, 0.29) is 18.3 Å². The van der Waals surface area contributed by atoms with Crippen LogP contribution in [0.1, 0.15) is 11.3 Å². The van der Waals surface area contributed by atoms with Gasteiger partial charge in [0, 0.05) is 17.3 Å². The fourth-order valence-electron chi connectivity index (χ4n) is 3.37. The van der Waals surface area contributed by atoms with Crippen LogP contribution in [0.4, 0.5) is 4.39 Å². The largest absolute Gasteiger partial charge is 0.467 e. The van der Waals surface area contributed by atoms with E-state index in [1.54, 1.807) is 41.3 Å². The van der Waals surface area contributed by atoms with Crippen LogP contribution in [0.5, 0.6) is 0 Å². The van der Waals surface area contributed by atoms with Crippen molar-refractivity contribution in [3.05, 3.63) is 101 Å². The maximum Gasteiger partial charge on any atom is 0.266 e. The molecule has 0 unspecified atom stereocenters. The van der Waals surface area contributed by atoms with Crippen LogP contribution in [0.25, 0.3) is 23.0 Å². The van der Waals surface area contributed by atoms with Crippen molar-refractivity contribution in [1.29, 1.82) is 0 Å². The number of furan rings is 1. The summed E-state index contributed by atoms with van der Waals surface area (Å²) in [6, 6.07) is 19.4. The predicted octanol–water partition coefficient (Wildman–Crippen LogP) is 5.67. The molecule has 0 spiro atoms. The van der Waals surface area contributed by atoms with E-state index >= 15 is 0 Å². The number of rotatable bonds is 5. The van der Waals surface area contributed by atoms with Crippen LogP contribution in [0.2, 0.25) is 0 Å². The molecule has 2 aromatic carbocycles.